The molecule has 0 unspecified atom stereocenters. The van der Waals surface area contributed by atoms with Crippen LogP contribution < -0.4 is 0 Å². The van der Waals surface area contributed by atoms with Crippen molar-refractivity contribution in [2.24, 2.45) is 5.92 Å². The van der Waals surface area contributed by atoms with Gasteiger partial charge in [0.2, 0.25) is 21.8 Å². The first kappa shape index (κ1) is 24.4. The predicted molar refractivity (Wildman–Crippen MR) is 126 cm³/mol. The second kappa shape index (κ2) is 10.7. The first-order valence-corrected chi connectivity index (χ1v) is 13.7. The predicted octanol–water partition coefficient (Wildman–Crippen LogP) is 1.90. The molecule has 8 nitrogen and oxygen atoms in total. The number of hydrogen-bond acceptors (Lipinski definition) is 5. The Morgan fingerprint density at radius 1 is 0.818 bits per heavy atom. The van der Waals surface area contributed by atoms with Gasteiger partial charge in [0.1, 0.15) is 0 Å². The fourth-order valence-electron chi connectivity index (χ4n) is 4.96. The minimum atomic E-state index is -3.59. The molecule has 1 saturated carbocycles. The number of carbonyl (C=O) groups is 2. The molecule has 3 fully saturated rings. The van der Waals surface area contributed by atoms with E-state index in [-0.39, 0.29) is 29.8 Å². The largest absolute Gasteiger partial charge is 0.340 e. The van der Waals surface area contributed by atoms with Crippen LogP contribution in [0.3, 0.4) is 0 Å². The van der Waals surface area contributed by atoms with Crippen LogP contribution >= 0.6 is 11.6 Å². The summed E-state index contributed by atoms with van der Waals surface area (Å²) in [7, 11) is -3.59. The van der Waals surface area contributed by atoms with E-state index in [1.165, 1.54) is 22.9 Å². The highest BCUT2D eigenvalue weighted by atomic mass is 35.5. The lowest BCUT2D eigenvalue weighted by Gasteiger charge is -2.38. The van der Waals surface area contributed by atoms with E-state index >= 15 is 0 Å². The van der Waals surface area contributed by atoms with Gasteiger partial charge in [-0.3, -0.25) is 14.5 Å². The average molecular weight is 497 g/mol. The summed E-state index contributed by atoms with van der Waals surface area (Å²) in [6, 6.07) is 6.15. The summed E-state index contributed by atoms with van der Waals surface area (Å²) in [6.07, 6.45) is 5.56. The molecule has 2 aliphatic heterocycles. The van der Waals surface area contributed by atoms with Crippen molar-refractivity contribution in [1.82, 2.24) is 19.0 Å². The minimum Gasteiger partial charge on any atom is -0.340 e. The van der Waals surface area contributed by atoms with Crippen LogP contribution in [0.4, 0.5) is 0 Å². The lowest BCUT2D eigenvalue weighted by atomic mass is 9.88. The summed E-state index contributed by atoms with van der Waals surface area (Å²) in [6.45, 7) is 4.39. The monoisotopic (exact) mass is 496 g/mol. The van der Waals surface area contributed by atoms with Gasteiger partial charge < -0.3 is 9.80 Å². The third kappa shape index (κ3) is 5.88. The van der Waals surface area contributed by atoms with Crippen LogP contribution in [0.1, 0.15) is 32.1 Å². The second-order valence-corrected chi connectivity index (χ2v) is 11.5. The van der Waals surface area contributed by atoms with Crippen LogP contribution in [0, 0.1) is 5.92 Å². The van der Waals surface area contributed by atoms with Crippen LogP contribution in [0.25, 0.3) is 0 Å². The quantitative estimate of drug-likeness (QED) is 0.622. The van der Waals surface area contributed by atoms with Gasteiger partial charge in [0.05, 0.1) is 11.4 Å². The van der Waals surface area contributed by atoms with Gasteiger partial charge in [-0.2, -0.15) is 4.31 Å². The van der Waals surface area contributed by atoms with Crippen LogP contribution in [-0.4, -0.2) is 98.1 Å². The fraction of sp³-hybridized carbons (Fsp3) is 0.652. The molecule has 182 valence electrons. The van der Waals surface area contributed by atoms with Gasteiger partial charge in [-0.05, 0) is 37.1 Å². The van der Waals surface area contributed by atoms with Crippen molar-refractivity contribution in [1.29, 1.82) is 0 Å². The zero-order valence-electron chi connectivity index (χ0n) is 19.0. The van der Waals surface area contributed by atoms with Crippen molar-refractivity contribution >= 4 is 33.4 Å². The number of amides is 2. The summed E-state index contributed by atoms with van der Waals surface area (Å²) in [4.78, 5) is 31.6. The Morgan fingerprint density at radius 3 is 2.00 bits per heavy atom. The SMILES string of the molecule is O=C(CN1CCN(C(=O)C2CCCCC2)CC1)N1CCN(S(=O)(=O)c2ccc(Cl)cc2)CC1. The third-order valence-electron chi connectivity index (χ3n) is 7.04. The van der Waals surface area contributed by atoms with Crippen molar-refractivity contribution < 1.29 is 18.0 Å². The number of halogens is 1. The van der Waals surface area contributed by atoms with Gasteiger partial charge in [0, 0.05) is 63.3 Å². The number of carbonyl (C=O) groups excluding carboxylic acids is 2. The van der Waals surface area contributed by atoms with E-state index in [0.29, 0.717) is 56.7 Å². The Hall–Kier alpha value is -1.68. The van der Waals surface area contributed by atoms with E-state index in [1.54, 1.807) is 17.0 Å². The van der Waals surface area contributed by atoms with Crippen molar-refractivity contribution in [2.75, 3.05) is 58.9 Å². The number of nitrogens with zero attached hydrogens (tertiary/aromatic N) is 4. The standard InChI is InChI=1S/C23H33ClN4O4S/c24-20-6-8-21(9-7-20)33(31,32)28-16-14-26(15-17-28)22(29)18-25-10-12-27(13-11-25)23(30)19-4-2-1-3-5-19/h6-9,19H,1-5,10-18H2. The zero-order valence-corrected chi connectivity index (χ0v) is 20.6. The first-order valence-electron chi connectivity index (χ1n) is 11.9. The molecule has 0 bridgehead atoms. The molecule has 3 aliphatic rings. The Balaban J connectivity index is 1.22. The molecule has 1 aromatic rings. The molecular formula is C23H33ClN4O4S. The Labute approximate surface area is 201 Å². The maximum atomic E-state index is 12.8. The second-order valence-electron chi connectivity index (χ2n) is 9.18. The molecule has 0 N–H and O–H groups in total. The molecule has 1 aromatic carbocycles. The van der Waals surface area contributed by atoms with E-state index in [1.807, 2.05) is 4.90 Å². The van der Waals surface area contributed by atoms with Gasteiger partial charge in [0.25, 0.3) is 0 Å². The smallest absolute Gasteiger partial charge is 0.243 e. The Morgan fingerprint density at radius 2 is 1.39 bits per heavy atom. The van der Waals surface area contributed by atoms with Gasteiger partial charge in [-0.25, -0.2) is 8.42 Å². The number of benzene rings is 1. The van der Waals surface area contributed by atoms with Gasteiger partial charge in [-0.1, -0.05) is 30.9 Å². The highest BCUT2D eigenvalue weighted by molar-refractivity contribution is 7.89. The van der Waals surface area contributed by atoms with Crippen molar-refractivity contribution in [3.8, 4) is 0 Å². The maximum absolute atomic E-state index is 12.8. The normalized spacial score (nSPS) is 21.8. The maximum Gasteiger partial charge on any atom is 0.243 e. The third-order valence-corrected chi connectivity index (χ3v) is 9.20. The molecule has 33 heavy (non-hydrogen) atoms. The molecule has 2 amide bonds. The molecule has 2 heterocycles. The molecular weight excluding hydrogens is 464 g/mol. The van der Waals surface area contributed by atoms with E-state index < -0.39 is 10.0 Å². The number of hydrogen-bond donors (Lipinski definition) is 0. The fourth-order valence-corrected chi connectivity index (χ4v) is 6.51. The van der Waals surface area contributed by atoms with Crippen molar-refractivity contribution in [3.05, 3.63) is 29.3 Å². The number of rotatable bonds is 5. The highest BCUT2D eigenvalue weighted by Gasteiger charge is 2.32. The zero-order chi connectivity index (χ0) is 23.4. The molecule has 0 atom stereocenters. The Bertz CT molecular complexity index is 934. The van der Waals surface area contributed by atoms with Gasteiger partial charge in [-0.15, -0.1) is 0 Å². The summed E-state index contributed by atoms with van der Waals surface area (Å²) in [5.74, 6) is 0.497. The number of sulfonamides is 1. The average Bonchev–Trinajstić information content (AvgIpc) is 2.85. The topological polar surface area (TPSA) is 81.2 Å². The van der Waals surface area contributed by atoms with Gasteiger partial charge >= 0.3 is 0 Å². The summed E-state index contributed by atoms with van der Waals surface area (Å²) >= 11 is 5.86. The van der Waals surface area contributed by atoms with Crippen LogP contribution in [0.2, 0.25) is 5.02 Å². The molecule has 0 radical (unpaired) electrons. The summed E-state index contributed by atoms with van der Waals surface area (Å²) in [5.41, 5.74) is 0. The highest BCUT2D eigenvalue weighted by Crippen LogP contribution is 2.26. The lowest BCUT2D eigenvalue weighted by Crippen LogP contribution is -2.55. The molecule has 10 heteroatoms. The molecule has 4 rings (SSSR count). The van der Waals surface area contributed by atoms with E-state index in [0.717, 1.165) is 25.7 Å². The summed E-state index contributed by atoms with van der Waals surface area (Å²) in [5, 5.41) is 0.489. The van der Waals surface area contributed by atoms with Crippen LogP contribution in [0.15, 0.2) is 29.2 Å². The van der Waals surface area contributed by atoms with Crippen LogP contribution in [0.5, 0.6) is 0 Å². The van der Waals surface area contributed by atoms with E-state index in [4.69, 9.17) is 11.6 Å². The summed E-state index contributed by atoms with van der Waals surface area (Å²) < 4.78 is 27.1. The van der Waals surface area contributed by atoms with Crippen molar-refractivity contribution in [3.63, 3.8) is 0 Å². The molecule has 0 spiro atoms. The first-order chi connectivity index (χ1) is 15.8. The lowest BCUT2D eigenvalue weighted by molar-refractivity contribution is -0.139. The molecule has 1 aliphatic carbocycles. The molecule has 0 aromatic heterocycles. The van der Waals surface area contributed by atoms with Crippen molar-refractivity contribution in [2.45, 2.75) is 37.0 Å². The van der Waals surface area contributed by atoms with Crippen LogP contribution in [-0.2, 0) is 19.6 Å². The van der Waals surface area contributed by atoms with Gasteiger partial charge in [0.15, 0.2) is 0 Å². The van der Waals surface area contributed by atoms with E-state index in [2.05, 4.69) is 4.90 Å². The number of piperazine rings is 2. The minimum absolute atomic E-state index is 0.0191. The molecule has 2 saturated heterocycles. The van der Waals surface area contributed by atoms with E-state index in [9.17, 15) is 18.0 Å². The Kier molecular flexibility index (Phi) is 7.94.